The molecule has 0 aliphatic carbocycles. The Kier molecular flexibility index (Phi) is 3.23. The highest BCUT2D eigenvalue weighted by atomic mass is 16.7. The van der Waals surface area contributed by atoms with Gasteiger partial charge in [0, 0.05) is 6.42 Å². The molecule has 0 aromatic rings. The van der Waals surface area contributed by atoms with Gasteiger partial charge in [-0.2, -0.15) is 0 Å². The molecule has 0 saturated carbocycles. The predicted octanol–water partition coefficient (Wildman–Crippen LogP) is 1.51. The molecular formula is C9H16O3. The van der Waals surface area contributed by atoms with Crippen LogP contribution in [0.3, 0.4) is 0 Å². The molecule has 0 spiro atoms. The summed E-state index contributed by atoms with van der Waals surface area (Å²) in [7, 11) is 0. The van der Waals surface area contributed by atoms with E-state index in [9.17, 15) is 4.79 Å². The summed E-state index contributed by atoms with van der Waals surface area (Å²) in [5, 5.41) is 0. The van der Waals surface area contributed by atoms with Gasteiger partial charge in [0.05, 0.1) is 12.7 Å². The number of ether oxygens (including phenoxy) is 2. The molecule has 1 unspecified atom stereocenters. The fourth-order valence-corrected chi connectivity index (χ4v) is 1.46. The summed E-state index contributed by atoms with van der Waals surface area (Å²) in [6.45, 7) is 4.62. The molecule has 3 heteroatoms. The average molecular weight is 172 g/mol. The van der Waals surface area contributed by atoms with Gasteiger partial charge in [0.1, 0.15) is 6.29 Å². The largest absolute Gasteiger partial charge is 0.347 e. The van der Waals surface area contributed by atoms with E-state index in [4.69, 9.17) is 9.47 Å². The molecule has 1 atom stereocenters. The van der Waals surface area contributed by atoms with E-state index < -0.39 is 5.79 Å². The molecule has 3 nitrogen and oxygen atoms in total. The van der Waals surface area contributed by atoms with Crippen molar-refractivity contribution in [1.29, 1.82) is 0 Å². The van der Waals surface area contributed by atoms with Crippen molar-refractivity contribution >= 4 is 6.29 Å². The standard InChI is InChI=1S/C9H16O3/c1-3-9(4-2)11-7-8(12-9)5-6-10/h6,8H,3-5,7H2,1-2H3. The molecule has 1 aliphatic rings. The van der Waals surface area contributed by atoms with E-state index in [1.54, 1.807) is 0 Å². The SMILES string of the molecule is CCC1(CC)OCC(CC=O)O1. The van der Waals surface area contributed by atoms with E-state index in [1.165, 1.54) is 0 Å². The molecule has 0 amide bonds. The van der Waals surface area contributed by atoms with E-state index in [0.717, 1.165) is 19.1 Å². The van der Waals surface area contributed by atoms with Crippen molar-refractivity contribution in [3.8, 4) is 0 Å². The summed E-state index contributed by atoms with van der Waals surface area (Å²) in [6.07, 6.45) is 3.00. The highest BCUT2D eigenvalue weighted by Crippen LogP contribution is 2.30. The second-order valence-corrected chi connectivity index (χ2v) is 3.07. The van der Waals surface area contributed by atoms with E-state index in [0.29, 0.717) is 13.0 Å². The number of carbonyl (C=O) groups is 1. The van der Waals surface area contributed by atoms with E-state index in [1.807, 2.05) is 13.8 Å². The maximum Gasteiger partial charge on any atom is 0.168 e. The van der Waals surface area contributed by atoms with Crippen LogP contribution in [0.25, 0.3) is 0 Å². The van der Waals surface area contributed by atoms with Crippen LogP contribution in [0.15, 0.2) is 0 Å². The summed E-state index contributed by atoms with van der Waals surface area (Å²) >= 11 is 0. The summed E-state index contributed by atoms with van der Waals surface area (Å²) in [6, 6.07) is 0. The summed E-state index contributed by atoms with van der Waals surface area (Å²) in [5.41, 5.74) is 0. The van der Waals surface area contributed by atoms with Gasteiger partial charge < -0.3 is 14.3 Å². The van der Waals surface area contributed by atoms with Gasteiger partial charge in [-0.3, -0.25) is 0 Å². The molecule has 1 heterocycles. The zero-order valence-corrected chi connectivity index (χ0v) is 7.71. The number of rotatable bonds is 4. The molecule has 1 fully saturated rings. The van der Waals surface area contributed by atoms with E-state index in [-0.39, 0.29) is 6.10 Å². The lowest BCUT2D eigenvalue weighted by atomic mass is 10.1. The molecule has 1 saturated heterocycles. The van der Waals surface area contributed by atoms with Gasteiger partial charge in [-0.25, -0.2) is 0 Å². The fraction of sp³-hybridized carbons (Fsp3) is 0.889. The van der Waals surface area contributed by atoms with Crippen molar-refractivity contribution in [3.63, 3.8) is 0 Å². The van der Waals surface area contributed by atoms with E-state index >= 15 is 0 Å². The molecule has 0 aromatic carbocycles. The third-order valence-corrected chi connectivity index (χ3v) is 2.35. The van der Waals surface area contributed by atoms with Gasteiger partial charge in [0.2, 0.25) is 0 Å². The van der Waals surface area contributed by atoms with Crippen molar-refractivity contribution in [2.75, 3.05) is 6.61 Å². The Morgan fingerprint density at radius 3 is 2.58 bits per heavy atom. The Balaban J connectivity index is 2.46. The fourth-order valence-electron chi connectivity index (χ4n) is 1.46. The van der Waals surface area contributed by atoms with Crippen LogP contribution in [0.2, 0.25) is 0 Å². The number of hydrogen-bond donors (Lipinski definition) is 0. The molecule has 0 aromatic heterocycles. The molecule has 0 bridgehead atoms. The van der Waals surface area contributed by atoms with Gasteiger partial charge in [0.25, 0.3) is 0 Å². The lowest BCUT2D eigenvalue weighted by molar-refractivity contribution is -0.172. The number of carbonyl (C=O) groups excluding carboxylic acids is 1. The maximum absolute atomic E-state index is 10.2. The topological polar surface area (TPSA) is 35.5 Å². The molecule has 70 valence electrons. The lowest BCUT2D eigenvalue weighted by Crippen LogP contribution is -2.28. The Morgan fingerprint density at radius 2 is 2.17 bits per heavy atom. The maximum atomic E-state index is 10.2. The van der Waals surface area contributed by atoms with Crippen molar-refractivity contribution in [2.45, 2.75) is 45.0 Å². The first-order valence-electron chi connectivity index (χ1n) is 4.51. The molecule has 0 N–H and O–H groups in total. The van der Waals surface area contributed by atoms with Gasteiger partial charge in [-0.15, -0.1) is 0 Å². The monoisotopic (exact) mass is 172 g/mol. The molecule has 1 rings (SSSR count). The van der Waals surface area contributed by atoms with Crippen LogP contribution in [0.4, 0.5) is 0 Å². The third kappa shape index (κ3) is 1.84. The summed E-state index contributed by atoms with van der Waals surface area (Å²) in [5.74, 6) is -0.409. The average Bonchev–Trinajstić information content (AvgIpc) is 2.50. The van der Waals surface area contributed by atoms with Crippen LogP contribution in [0.1, 0.15) is 33.1 Å². The van der Waals surface area contributed by atoms with Crippen LogP contribution in [-0.2, 0) is 14.3 Å². The second-order valence-electron chi connectivity index (χ2n) is 3.07. The normalized spacial score (nSPS) is 27.3. The van der Waals surface area contributed by atoms with Crippen molar-refractivity contribution in [2.24, 2.45) is 0 Å². The van der Waals surface area contributed by atoms with Crippen LogP contribution < -0.4 is 0 Å². The van der Waals surface area contributed by atoms with Crippen molar-refractivity contribution < 1.29 is 14.3 Å². The first-order chi connectivity index (χ1) is 5.76. The third-order valence-electron chi connectivity index (χ3n) is 2.35. The Hall–Kier alpha value is -0.410. The van der Waals surface area contributed by atoms with Crippen LogP contribution in [-0.4, -0.2) is 24.8 Å². The Morgan fingerprint density at radius 1 is 1.50 bits per heavy atom. The highest BCUT2D eigenvalue weighted by molar-refractivity contribution is 5.50. The molecule has 0 radical (unpaired) electrons. The van der Waals surface area contributed by atoms with Gasteiger partial charge >= 0.3 is 0 Å². The predicted molar refractivity (Wildman–Crippen MR) is 44.8 cm³/mol. The smallest absolute Gasteiger partial charge is 0.168 e. The minimum atomic E-state index is -0.409. The van der Waals surface area contributed by atoms with E-state index in [2.05, 4.69) is 0 Å². The number of aldehydes is 1. The van der Waals surface area contributed by atoms with Crippen molar-refractivity contribution in [1.82, 2.24) is 0 Å². The highest BCUT2D eigenvalue weighted by Gasteiger charge is 2.37. The zero-order chi connectivity index (χ0) is 9.03. The van der Waals surface area contributed by atoms with Crippen LogP contribution >= 0.6 is 0 Å². The first-order valence-corrected chi connectivity index (χ1v) is 4.51. The summed E-state index contributed by atoms with van der Waals surface area (Å²) < 4.78 is 11.2. The van der Waals surface area contributed by atoms with Gasteiger partial charge in [0.15, 0.2) is 5.79 Å². The minimum absolute atomic E-state index is 0.0256. The Labute approximate surface area is 73.0 Å². The quantitative estimate of drug-likeness (QED) is 0.603. The number of hydrogen-bond acceptors (Lipinski definition) is 3. The zero-order valence-electron chi connectivity index (χ0n) is 7.71. The first kappa shape index (κ1) is 9.68. The molecule has 1 aliphatic heterocycles. The van der Waals surface area contributed by atoms with Crippen molar-refractivity contribution in [3.05, 3.63) is 0 Å². The Bertz CT molecular complexity index is 152. The van der Waals surface area contributed by atoms with Crippen LogP contribution in [0.5, 0.6) is 0 Å². The molecular weight excluding hydrogens is 156 g/mol. The van der Waals surface area contributed by atoms with Gasteiger partial charge in [-0.1, -0.05) is 13.8 Å². The minimum Gasteiger partial charge on any atom is -0.347 e. The van der Waals surface area contributed by atoms with Gasteiger partial charge in [-0.05, 0) is 12.8 Å². The van der Waals surface area contributed by atoms with Crippen LogP contribution in [0, 0.1) is 0 Å². The summed E-state index contributed by atoms with van der Waals surface area (Å²) in [4.78, 5) is 10.2. The second kappa shape index (κ2) is 4.01. The molecule has 12 heavy (non-hydrogen) atoms. The lowest BCUT2D eigenvalue weighted by Gasteiger charge is -2.24.